The molecule has 15 rings (SSSR count). The van der Waals surface area contributed by atoms with Gasteiger partial charge >= 0.3 is 0 Å². The van der Waals surface area contributed by atoms with Gasteiger partial charge in [-0.05, 0) is 134 Å². The van der Waals surface area contributed by atoms with E-state index in [4.69, 9.17) is 25.5 Å². The van der Waals surface area contributed by atoms with Crippen molar-refractivity contribution in [1.82, 2.24) is 42.4 Å². The molecule has 0 unspecified atom stereocenters. The normalized spacial score (nSPS) is 12.4. The second-order valence-corrected chi connectivity index (χ2v) is 26.0. The quantitative estimate of drug-likeness (QED) is 0.110. The fourth-order valence-electron chi connectivity index (χ4n) is 14.0. The largest absolute Gasteiger partial charge is 0.374 e. The van der Waals surface area contributed by atoms with Gasteiger partial charge in [-0.15, -0.1) is 0 Å². The average Bonchev–Trinajstić information content (AvgIpc) is 1.36. The van der Waals surface area contributed by atoms with E-state index in [-0.39, 0.29) is 22.6 Å². The van der Waals surface area contributed by atoms with E-state index in [9.17, 15) is 30.0 Å². The molecule has 19 nitrogen and oxygen atoms in total. The standard InChI is InChI=1S/C29H22N6O.C29H21N5O.C29H24N4O2/c1-32-23-10-7-21(8-11-23)29(31,27-17-33-18-34(27)2)22-9-12-26-25(14-22)24(15-28(36)35(26)3)20-6-4-5-19(13-20)16-30;1-31-23-10-7-20(8-11-23)29(27-17-32-18-33(27)2)22-9-12-26-25(14-22)24(15-28(35)34(26)3)21-6-4-5-19(13-21)16-30;1-19-6-5-7-20(14-19)24-16-28(34)33(4)26-13-10-22(15-25(24)26)29(35,27-17-31-18-32(27)3)21-8-11-23(30-2)12-9-21/h4-15,17-18H,31H2,2-3H3;4-15,17-18,29H,2-3H3;5-18,35H,1,3-4H3/t3*29-/m101/s1. The van der Waals surface area contributed by atoms with Crippen molar-refractivity contribution >= 4 is 49.8 Å². The van der Waals surface area contributed by atoms with Crippen LogP contribution in [0.4, 0.5) is 17.1 Å². The molecule has 3 atom stereocenters. The van der Waals surface area contributed by atoms with Gasteiger partial charge in [-0.2, -0.15) is 10.5 Å². The SMILES string of the molecule is [C-]#[N+]c1ccc([C@@H](c2ccc3c(c2)c(-c2cccc(C#N)c2)cc(=O)n3C)c2cncn2C)cc1.[C-]#[N+]c1ccc([C@@](N)(c2ccc3c(c2)c(-c2cccc(C#N)c2)cc(=O)n3C)c2cncn2C)cc1.[C-]#[N+]c1ccc([C@@](O)(c2ccc3c(c2)c(-c2cccc(C)c2)cc(=O)n3C)c2cncn2C)cc1. The number of fused-ring (bicyclic) bond motifs is 3. The van der Waals surface area contributed by atoms with Gasteiger partial charge in [0.2, 0.25) is 0 Å². The zero-order valence-corrected chi connectivity index (χ0v) is 58.8. The first-order valence-electron chi connectivity index (χ1n) is 33.5. The summed E-state index contributed by atoms with van der Waals surface area (Å²) in [5.41, 5.74) is 22.5. The van der Waals surface area contributed by atoms with Crippen LogP contribution in [0.5, 0.6) is 0 Å². The fraction of sp³-hybridized carbons (Fsp3) is 0.115. The third-order valence-electron chi connectivity index (χ3n) is 19.7. The third kappa shape index (κ3) is 13.0. The lowest BCUT2D eigenvalue weighted by Crippen LogP contribution is -2.41. The Labute approximate surface area is 610 Å². The molecule has 0 aliphatic heterocycles. The van der Waals surface area contributed by atoms with E-state index in [0.717, 1.165) is 105 Å². The highest BCUT2D eigenvalue weighted by Gasteiger charge is 2.38. The van der Waals surface area contributed by atoms with E-state index in [2.05, 4.69) is 53.8 Å². The van der Waals surface area contributed by atoms with E-state index in [1.807, 2.05) is 177 Å². The summed E-state index contributed by atoms with van der Waals surface area (Å²) in [5, 5.41) is 33.7. The van der Waals surface area contributed by atoms with Gasteiger partial charge in [-0.1, -0.05) is 145 Å². The minimum absolute atomic E-state index is 0.0987. The van der Waals surface area contributed by atoms with E-state index in [1.54, 1.807) is 144 Å². The van der Waals surface area contributed by atoms with Gasteiger partial charge in [0.1, 0.15) is 5.54 Å². The first kappa shape index (κ1) is 70.1. The number of hydrogen-bond acceptors (Lipinski definition) is 10. The van der Waals surface area contributed by atoms with Crippen LogP contribution >= 0.6 is 0 Å². The molecule has 6 heterocycles. The van der Waals surface area contributed by atoms with Gasteiger partial charge in [0, 0.05) is 88.5 Å². The minimum atomic E-state index is -1.53. The molecule has 0 saturated carbocycles. The van der Waals surface area contributed by atoms with Crippen molar-refractivity contribution < 1.29 is 5.11 Å². The molecule has 0 saturated heterocycles. The predicted molar refractivity (Wildman–Crippen MR) is 413 cm³/mol. The Kier molecular flexibility index (Phi) is 19.1. The van der Waals surface area contributed by atoms with Crippen LogP contribution in [-0.2, 0) is 53.4 Å². The number of pyridine rings is 3. The van der Waals surface area contributed by atoms with E-state index >= 15 is 0 Å². The van der Waals surface area contributed by atoms with Crippen LogP contribution in [0, 0.1) is 49.3 Å². The maximum atomic E-state index is 12.8. The summed E-state index contributed by atoms with van der Waals surface area (Å²) in [6, 6.07) is 71.2. The molecule has 0 bridgehead atoms. The summed E-state index contributed by atoms with van der Waals surface area (Å²) >= 11 is 0. The summed E-state index contributed by atoms with van der Waals surface area (Å²) in [6.45, 7) is 23.9. The van der Waals surface area contributed by atoms with Gasteiger partial charge in [0.15, 0.2) is 22.7 Å². The molecule has 3 N–H and O–H groups in total. The number of nitrogens with zero attached hydrogens (tertiary/aromatic N) is 14. The molecule has 0 fully saturated rings. The molecule has 19 heteroatoms. The van der Waals surface area contributed by atoms with Crippen molar-refractivity contribution in [2.45, 2.75) is 24.0 Å². The zero-order chi connectivity index (χ0) is 74.7. The van der Waals surface area contributed by atoms with Gasteiger partial charge in [-0.25, -0.2) is 29.5 Å². The fourth-order valence-corrected chi connectivity index (χ4v) is 14.0. The van der Waals surface area contributed by atoms with Crippen molar-refractivity contribution in [3.8, 4) is 45.5 Å². The second kappa shape index (κ2) is 28.9. The summed E-state index contributed by atoms with van der Waals surface area (Å²) in [5.74, 6) is -0.123. The molecule has 0 radical (unpaired) electrons. The lowest BCUT2D eigenvalue weighted by Gasteiger charge is -2.32. The number of aliphatic hydroxyl groups is 1. The molecule has 9 aromatic carbocycles. The Bertz CT molecular complexity index is 6380. The summed E-state index contributed by atoms with van der Waals surface area (Å²) < 4.78 is 10.5. The molecule has 106 heavy (non-hydrogen) atoms. The summed E-state index contributed by atoms with van der Waals surface area (Å²) in [6.07, 6.45) is 10.4. The molecule has 15 aromatic rings. The van der Waals surface area contributed by atoms with Crippen molar-refractivity contribution in [2.24, 2.45) is 48.0 Å². The monoisotopic (exact) mass is 1390 g/mol. The molecule has 514 valence electrons. The predicted octanol–water partition coefficient (Wildman–Crippen LogP) is 15.2. The lowest BCUT2D eigenvalue weighted by molar-refractivity contribution is 0.117. The van der Waals surface area contributed by atoms with Gasteiger partial charge in [0.05, 0.1) is 108 Å². The lowest BCUT2D eigenvalue weighted by atomic mass is 9.80. The third-order valence-corrected chi connectivity index (χ3v) is 19.7. The van der Waals surface area contributed by atoms with Crippen molar-refractivity contribution in [3.05, 3.63) is 388 Å². The Balaban J connectivity index is 0.000000141. The van der Waals surface area contributed by atoms with Crippen LogP contribution < -0.4 is 22.4 Å². The number of benzene rings is 9. The molecule has 0 spiro atoms. The van der Waals surface area contributed by atoms with Gasteiger partial charge < -0.3 is 38.2 Å². The number of nitrogens with two attached hydrogens (primary N) is 1. The number of imidazole rings is 3. The van der Waals surface area contributed by atoms with Gasteiger partial charge in [-0.3, -0.25) is 14.4 Å². The molecule has 0 amide bonds. The molecular formula is C87H67N15O4. The molecule has 6 aromatic heterocycles. The Hall–Kier alpha value is -14.4. The van der Waals surface area contributed by atoms with Crippen LogP contribution in [0.25, 0.3) is 80.6 Å². The second-order valence-electron chi connectivity index (χ2n) is 26.0. The van der Waals surface area contributed by atoms with Crippen molar-refractivity contribution in [3.63, 3.8) is 0 Å². The van der Waals surface area contributed by atoms with Crippen LogP contribution in [-0.4, -0.2) is 47.5 Å². The minimum Gasteiger partial charge on any atom is -0.374 e. The summed E-state index contributed by atoms with van der Waals surface area (Å²) in [7, 11) is 10.9. The summed E-state index contributed by atoms with van der Waals surface area (Å²) in [4.78, 5) is 61.8. The highest BCUT2D eigenvalue weighted by Crippen LogP contribution is 2.43. The first-order valence-corrected chi connectivity index (χ1v) is 33.5. The van der Waals surface area contributed by atoms with Crippen molar-refractivity contribution in [1.29, 1.82) is 10.5 Å². The van der Waals surface area contributed by atoms with E-state index < -0.39 is 11.1 Å². The van der Waals surface area contributed by atoms with Crippen LogP contribution in [0.2, 0.25) is 0 Å². The van der Waals surface area contributed by atoms with Crippen LogP contribution in [0.3, 0.4) is 0 Å². The molecule has 0 aliphatic rings. The average molecular weight is 1390 g/mol. The Morgan fingerprint density at radius 1 is 0.434 bits per heavy atom. The topological polar surface area (TPSA) is 226 Å². The van der Waals surface area contributed by atoms with E-state index in [0.29, 0.717) is 45.0 Å². The molecular weight excluding hydrogens is 1320 g/mol. The Morgan fingerprint density at radius 2 is 0.830 bits per heavy atom. The number of nitriles is 2. The highest BCUT2D eigenvalue weighted by molar-refractivity contribution is 5.98. The number of aryl methyl sites for hydroxylation is 7. The highest BCUT2D eigenvalue weighted by atomic mass is 16.3. The van der Waals surface area contributed by atoms with Crippen LogP contribution in [0.1, 0.15) is 73.1 Å². The van der Waals surface area contributed by atoms with Gasteiger partial charge in [0.25, 0.3) is 16.7 Å². The zero-order valence-electron chi connectivity index (χ0n) is 58.8. The smallest absolute Gasteiger partial charge is 0.251 e. The number of aromatic nitrogens is 9. The maximum Gasteiger partial charge on any atom is 0.251 e. The number of hydrogen-bond donors (Lipinski definition) is 2. The Morgan fingerprint density at radius 3 is 1.28 bits per heavy atom. The maximum absolute atomic E-state index is 12.8. The van der Waals surface area contributed by atoms with Crippen molar-refractivity contribution in [2.75, 3.05) is 0 Å². The molecule has 0 aliphatic carbocycles. The first-order chi connectivity index (χ1) is 51.2. The number of rotatable bonds is 12. The van der Waals surface area contributed by atoms with Crippen LogP contribution in [0.15, 0.2) is 270 Å². The van der Waals surface area contributed by atoms with E-state index in [1.165, 1.54) is 0 Å².